The Morgan fingerprint density at radius 2 is 1.15 bits per heavy atom. The molecule has 3 heteroatoms. The zero-order valence-corrected chi connectivity index (χ0v) is 19.0. The van der Waals surface area contributed by atoms with Gasteiger partial charge in [-0.25, -0.2) is 8.78 Å². The summed E-state index contributed by atoms with van der Waals surface area (Å²) in [5.74, 6) is -1.42. The van der Waals surface area contributed by atoms with E-state index in [9.17, 15) is 8.78 Å². The summed E-state index contributed by atoms with van der Waals surface area (Å²) in [4.78, 5) is 0. The van der Waals surface area contributed by atoms with E-state index in [1.165, 1.54) is 19.3 Å². The summed E-state index contributed by atoms with van der Waals surface area (Å²) in [6.07, 6.45) is 5.53. The van der Waals surface area contributed by atoms with Gasteiger partial charge in [0, 0.05) is 20.1 Å². The lowest BCUT2D eigenvalue weighted by Gasteiger charge is -2.22. The number of rotatable bonds is 4. The second-order valence-electron chi connectivity index (χ2n) is 11.3. The van der Waals surface area contributed by atoms with E-state index in [0.717, 1.165) is 25.9 Å². The molecule has 1 rings (SSSR count). The minimum atomic E-state index is -2.52. The smallest absolute Gasteiger partial charge is 0.245 e. The maximum absolute atomic E-state index is 12.2. The van der Waals surface area contributed by atoms with Gasteiger partial charge in [-0.1, -0.05) is 90.0 Å². The van der Waals surface area contributed by atoms with Crippen molar-refractivity contribution in [2.75, 3.05) is 13.7 Å². The van der Waals surface area contributed by atoms with Crippen LogP contribution in [0.25, 0.3) is 0 Å². The molecule has 0 radical (unpaired) electrons. The van der Waals surface area contributed by atoms with Crippen LogP contribution in [0.4, 0.5) is 8.78 Å². The number of methoxy groups -OCH3 is 1. The van der Waals surface area contributed by atoms with Gasteiger partial charge >= 0.3 is 0 Å². The van der Waals surface area contributed by atoms with Crippen molar-refractivity contribution in [1.29, 1.82) is 0 Å². The van der Waals surface area contributed by atoms with Crippen LogP contribution < -0.4 is 0 Å². The molecule has 0 aromatic carbocycles. The van der Waals surface area contributed by atoms with Gasteiger partial charge in [-0.2, -0.15) is 0 Å². The molecule has 1 nitrogen and oxygen atoms in total. The third-order valence-electron chi connectivity index (χ3n) is 3.49. The molecule has 0 N–H and O–H groups in total. The van der Waals surface area contributed by atoms with Gasteiger partial charge in [0.25, 0.3) is 0 Å². The number of halogens is 2. The fraction of sp³-hybridized carbons (Fsp3) is 1.00. The third-order valence-corrected chi connectivity index (χ3v) is 3.49. The van der Waals surface area contributed by atoms with Crippen molar-refractivity contribution < 1.29 is 13.5 Å². The van der Waals surface area contributed by atoms with Crippen LogP contribution in [0.5, 0.6) is 0 Å². The SMILES string of the molecule is C.C.CC(C)(C)CC(C)(F)F.CC(C)(C)CC1CC1.COCCC(C)(C)C. The van der Waals surface area contributed by atoms with Crippen molar-refractivity contribution in [1.82, 2.24) is 0 Å². The Morgan fingerprint density at radius 3 is 1.22 bits per heavy atom. The van der Waals surface area contributed by atoms with E-state index in [2.05, 4.69) is 41.5 Å². The lowest BCUT2D eigenvalue weighted by atomic mass is 9.89. The van der Waals surface area contributed by atoms with Crippen LogP contribution in [0.1, 0.15) is 116 Å². The van der Waals surface area contributed by atoms with Crippen LogP contribution in [0.3, 0.4) is 0 Å². The normalized spacial score (nSPS) is 14.6. The summed E-state index contributed by atoms with van der Waals surface area (Å²) >= 11 is 0. The molecular formula is C24H54F2O. The van der Waals surface area contributed by atoms with E-state index in [1.54, 1.807) is 7.11 Å². The highest BCUT2D eigenvalue weighted by molar-refractivity contribution is 4.78. The summed E-state index contributed by atoms with van der Waals surface area (Å²) in [6.45, 7) is 20.9. The largest absolute Gasteiger partial charge is 0.385 e. The molecule has 0 heterocycles. The van der Waals surface area contributed by atoms with Gasteiger partial charge in [-0.05, 0) is 41.9 Å². The van der Waals surface area contributed by atoms with E-state index in [4.69, 9.17) is 4.74 Å². The fourth-order valence-electron chi connectivity index (χ4n) is 2.53. The topological polar surface area (TPSA) is 9.23 Å². The zero-order valence-electron chi connectivity index (χ0n) is 19.0. The Labute approximate surface area is 172 Å². The molecule has 1 aliphatic rings. The zero-order chi connectivity index (χ0) is 20.5. The number of hydrogen-bond acceptors (Lipinski definition) is 1. The maximum atomic E-state index is 12.2. The van der Waals surface area contributed by atoms with Gasteiger partial charge < -0.3 is 4.74 Å². The quantitative estimate of drug-likeness (QED) is 0.460. The number of ether oxygens (including phenoxy) is 1. The van der Waals surface area contributed by atoms with Crippen molar-refractivity contribution in [2.45, 2.75) is 122 Å². The van der Waals surface area contributed by atoms with Gasteiger partial charge in [-0.3, -0.25) is 0 Å². The fourth-order valence-corrected chi connectivity index (χ4v) is 2.53. The van der Waals surface area contributed by atoms with Crippen molar-refractivity contribution in [3.05, 3.63) is 0 Å². The molecule has 1 aliphatic carbocycles. The van der Waals surface area contributed by atoms with Crippen molar-refractivity contribution in [2.24, 2.45) is 22.2 Å². The van der Waals surface area contributed by atoms with E-state index in [0.29, 0.717) is 10.8 Å². The summed E-state index contributed by atoms with van der Waals surface area (Å²) in [6, 6.07) is 0. The van der Waals surface area contributed by atoms with Crippen LogP contribution in [0.2, 0.25) is 0 Å². The van der Waals surface area contributed by atoms with Crippen LogP contribution in [-0.4, -0.2) is 19.6 Å². The van der Waals surface area contributed by atoms with Crippen LogP contribution in [0, 0.1) is 22.2 Å². The highest BCUT2D eigenvalue weighted by Crippen LogP contribution is 2.39. The lowest BCUT2D eigenvalue weighted by Crippen LogP contribution is -2.20. The number of alkyl halides is 2. The van der Waals surface area contributed by atoms with Crippen molar-refractivity contribution in [3.8, 4) is 0 Å². The minimum absolute atomic E-state index is 0. The average Bonchev–Trinajstić information content (AvgIpc) is 3.03. The van der Waals surface area contributed by atoms with E-state index in [-0.39, 0.29) is 26.7 Å². The summed E-state index contributed by atoms with van der Waals surface area (Å²) in [7, 11) is 1.74. The van der Waals surface area contributed by atoms with Gasteiger partial charge in [0.15, 0.2) is 0 Å². The Bertz CT molecular complexity index is 308. The van der Waals surface area contributed by atoms with Crippen molar-refractivity contribution >= 4 is 0 Å². The summed E-state index contributed by atoms with van der Waals surface area (Å²) in [5, 5.41) is 0. The predicted molar refractivity (Wildman–Crippen MR) is 121 cm³/mol. The molecule has 0 aromatic rings. The molecule has 0 aromatic heterocycles. The van der Waals surface area contributed by atoms with E-state index < -0.39 is 5.92 Å². The predicted octanol–water partition coefficient (Wildman–Crippen LogP) is 9.25. The second kappa shape index (κ2) is 13.9. The van der Waals surface area contributed by atoms with Crippen LogP contribution >= 0.6 is 0 Å². The molecule has 0 amide bonds. The van der Waals surface area contributed by atoms with Gasteiger partial charge in [0.1, 0.15) is 0 Å². The molecular weight excluding hydrogens is 342 g/mol. The van der Waals surface area contributed by atoms with Gasteiger partial charge in [-0.15, -0.1) is 0 Å². The maximum Gasteiger partial charge on any atom is 0.245 e. The molecule has 1 saturated carbocycles. The van der Waals surface area contributed by atoms with E-state index in [1.807, 2.05) is 20.8 Å². The molecule has 0 aliphatic heterocycles. The molecule has 0 atom stereocenters. The summed E-state index contributed by atoms with van der Waals surface area (Å²) < 4.78 is 29.4. The minimum Gasteiger partial charge on any atom is -0.385 e. The molecule has 0 saturated heterocycles. The molecule has 0 spiro atoms. The third kappa shape index (κ3) is 41.4. The second-order valence-corrected chi connectivity index (χ2v) is 11.3. The molecule has 1 fully saturated rings. The molecule has 0 unspecified atom stereocenters. The number of hydrogen-bond donors (Lipinski definition) is 0. The Balaban J connectivity index is -0.000000142. The summed E-state index contributed by atoms with van der Waals surface area (Å²) in [5.41, 5.74) is 0.745. The molecule has 27 heavy (non-hydrogen) atoms. The standard InChI is InChI=1S/C8H16.C7H14F2.C7H16O.2CH4/c1-8(2,3)6-7-4-5-7;1-6(2,3)5-7(4,8)9;1-7(2,3)5-6-8-4;;/h7H,4-6H2,1-3H3;5H2,1-4H3;5-6H2,1-4H3;2*1H4. The first-order valence-electron chi connectivity index (χ1n) is 9.71. The first-order chi connectivity index (χ1) is 10.8. The Morgan fingerprint density at radius 1 is 0.741 bits per heavy atom. The highest BCUT2D eigenvalue weighted by Gasteiger charge is 2.28. The van der Waals surface area contributed by atoms with Gasteiger partial charge in [0.05, 0.1) is 0 Å². The van der Waals surface area contributed by atoms with Crippen molar-refractivity contribution in [3.63, 3.8) is 0 Å². The molecule has 170 valence electrons. The average molecular weight is 397 g/mol. The highest BCUT2D eigenvalue weighted by atomic mass is 19.3. The Hall–Kier alpha value is -0.180. The molecule has 0 bridgehead atoms. The van der Waals surface area contributed by atoms with E-state index >= 15 is 0 Å². The lowest BCUT2D eigenvalue weighted by molar-refractivity contribution is -0.0168. The van der Waals surface area contributed by atoms with Crippen LogP contribution in [0.15, 0.2) is 0 Å². The Kier molecular flexibility index (Phi) is 17.7. The first-order valence-corrected chi connectivity index (χ1v) is 9.71. The monoisotopic (exact) mass is 396 g/mol. The first kappa shape index (κ1) is 34.3. The van der Waals surface area contributed by atoms with Crippen LogP contribution in [-0.2, 0) is 4.74 Å². The van der Waals surface area contributed by atoms with Gasteiger partial charge in [0.2, 0.25) is 5.92 Å².